The predicted molar refractivity (Wildman–Crippen MR) is 97.5 cm³/mol. The van der Waals surface area contributed by atoms with Crippen molar-refractivity contribution in [3.63, 3.8) is 0 Å². The molecule has 1 heterocycles. The Morgan fingerprint density at radius 1 is 1.17 bits per heavy atom. The first kappa shape index (κ1) is 17.4. The van der Waals surface area contributed by atoms with E-state index in [0.29, 0.717) is 12.1 Å². The van der Waals surface area contributed by atoms with E-state index in [9.17, 15) is 4.79 Å². The summed E-state index contributed by atoms with van der Waals surface area (Å²) >= 11 is 0. The van der Waals surface area contributed by atoms with Crippen LogP contribution in [0.3, 0.4) is 0 Å². The highest BCUT2D eigenvalue weighted by molar-refractivity contribution is 5.79. The van der Waals surface area contributed by atoms with E-state index in [1.165, 1.54) is 5.56 Å². The molecule has 4 nitrogen and oxygen atoms in total. The van der Waals surface area contributed by atoms with Crippen LogP contribution in [0.1, 0.15) is 57.1 Å². The average Bonchev–Trinajstić information content (AvgIpc) is 2.62. The van der Waals surface area contributed by atoms with Crippen LogP contribution < -0.4 is 11.1 Å². The van der Waals surface area contributed by atoms with E-state index in [-0.39, 0.29) is 17.9 Å². The van der Waals surface area contributed by atoms with E-state index >= 15 is 0 Å². The molecule has 1 saturated heterocycles. The van der Waals surface area contributed by atoms with Gasteiger partial charge in [-0.2, -0.15) is 0 Å². The summed E-state index contributed by atoms with van der Waals surface area (Å²) in [5.74, 6) is 0.370. The maximum atomic E-state index is 12.5. The maximum Gasteiger partial charge on any atom is 0.223 e. The van der Waals surface area contributed by atoms with Crippen LogP contribution >= 0.6 is 0 Å². The molecule has 3 atom stereocenters. The molecule has 1 saturated carbocycles. The number of nitrogens with zero attached hydrogens (tertiary/aromatic N) is 1. The van der Waals surface area contributed by atoms with Gasteiger partial charge in [-0.1, -0.05) is 36.8 Å². The van der Waals surface area contributed by atoms with Crippen molar-refractivity contribution in [3.8, 4) is 0 Å². The highest BCUT2D eigenvalue weighted by Crippen LogP contribution is 2.26. The molecule has 1 aromatic rings. The Labute approximate surface area is 145 Å². The van der Waals surface area contributed by atoms with E-state index in [0.717, 1.165) is 51.6 Å². The van der Waals surface area contributed by atoms with Crippen LogP contribution in [-0.4, -0.2) is 36.0 Å². The van der Waals surface area contributed by atoms with Gasteiger partial charge in [0.05, 0.1) is 0 Å². The third kappa shape index (κ3) is 4.37. The Kier molecular flexibility index (Phi) is 5.90. The number of amides is 1. The Hall–Kier alpha value is -1.39. The second-order valence-electron chi connectivity index (χ2n) is 7.53. The van der Waals surface area contributed by atoms with Crippen LogP contribution in [0.5, 0.6) is 0 Å². The van der Waals surface area contributed by atoms with Gasteiger partial charge >= 0.3 is 0 Å². The number of likely N-dealkylation sites (tertiary alicyclic amines) is 1. The zero-order chi connectivity index (χ0) is 16.9. The minimum Gasteiger partial charge on any atom is -0.353 e. The van der Waals surface area contributed by atoms with Gasteiger partial charge < -0.3 is 11.1 Å². The lowest BCUT2D eigenvalue weighted by molar-refractivity contribution is -0.127. The topological polar surface area (TPSA) is 58.4 Å². The molecule has 3 unspecified atom stereocenters. The Balaban J connectivity index is 1.46. The summed E-state index contributed by atoms with van der Waals surface area (Å²) in [7, 11) is 0. The molecule has 2 fully saturated rings. The van der Waals surface area contributed by atoms with Gasteiger partial charge in [0, 0.05) is 37.1 Å². The number of carbonyl (C=O) groups is 1. The fourth-order valence-corrected chi connectivity index (χ4v) is 4.16. The first-order valence-electron chi connectivity index (χ1n) is 9.48. The summed E-state index contributed by atoms with van der Waals surface area (Å²) in [5.41, 5.74) is 7.39. The van der Waals surface area contributed by atoms with Crippen LogP contribution in [0, 0.1) is 5.92 Å². The third-order valence-electron chi connectivity index (χ3n) is 5.79. The normalized spacial score (nSPS) is 27.6. The molecular formula is C20H31N3O. The van der Waals surface area contributed by atoms with Gasteiger partial charge in [0.25, 0.3) is 0 Å². The summed E-state index contributed by atoms with van der Waals surface area (Å²) in [6.07, 6.45) is 6.11. The van der Waals surface area contributed by atoms with Gasteiger partial charge in [-0.25, -0.2) is 0 Å². The fraction of sp³-hybridized carbons (Fsp3) is 0.650. The molecule has 0 aromatic heterocycles. The van der Waals surface area contributed by atoms with Crippen molar-refractivity contribution in [2.75, 3.05) is 13.1 Å². The van der Waals surface area contributed by atoms with Crippen molar-refractivity contribution in [2.45, 2.75) is 63.6 Å². The van der Waals surface area contributed by atoms with Gasteiger partial charge in [0.2, 0.25) is 5.91 Å². The average molecular weight is 329 g/mol. The molecule has 0 bridgehead atoms. The number of nitrogens with two attached hydrogens (primary N) is 1. The lowest BCUT2D eigenvalue weighted by Gasteiger charge is -2.37. The summed E-state index contributed by atoms with van der Waals surface area (Å²) in [4.78, 5) is 15.0. The first-order chi connectivity index (χ1) is 11.6. The number of carbonyl (C=O) groups excluding carboxylic acids is 1. The van der Waals surface area contributed by atoms with Crippen LogP contribution in [0.2, 0.25) is 0 Å². The number of rotatable bonds is 4. The minimum atomic E-state index is 0.134. The fourth-order valence-electron chi connectivity index (χ4n) is 4.16. The van der Waals surface area contributed by atoms with Gasteiger partial charge in [0.15, 0.2) is 0 Å². The highest BCUT2D eigenvalue weighted by Gasteiger charge is 2.29. The number of hydrogen-bond acceptors (Lipinski definition) is 3. The molecule has 4 heteroatoms. The van der Waals surface area contributed by atoms with Crippen LogP contribution in [0.15, 0.2) is 30.3 Å². The number of nitrogens with one attached hydrogen (secondary N) is 1. The smallest absolute Gasteiger partial charge is 0.223 e. The van der Waals surface area contributed by atoms with Gasteiger partial charge in [-0.3, -0.25) is 9.69 Å². The monoisotopic (exact) mass is 329 g/mol. The van der Waals surface area contributed by atoms with Crippen LogP contribution in [0.4, 0.5) is 0 Å². The Morgan fingerprint density at radius 2 is 1.88 bits per heavy atom. The Bertz CT molecular complexity index is 525. The van der Waals surface area contributed by atoms with Gasteiger partial charge in [-0.05, 0) is 44.6 Å². The molecule has 1 aliphatic carbocycles. The maximum absolute atomic E-state index is 12.5. The molecule has 24 heavy (non-hydrogen) atoms. The van der Waals surface area contributed by atoms with E-state index in [4.69, 9.17) is 5.73 Å². The largest absolute Gasteiger partial charge is 0.353 e. The van der Waals surface area contributed by atoms with Crippen molar-refractivity contribution in [2.24, 2.45) is 11.7 Å². The molecular weight excluding hydrogens is 298 g/mol. The molecule has 0 spiro atoms. The van der Waals surface area contributed by atoms with Crippen molar-refractivity contribution >= 4 is 5.91 Å². The van der Waals surface area contributed by atoms with Crippen molar-refractivity contribution < 1.29 is 4.79 Å². The molecule has 0 radical (unpaired) electrons. The molecule has 3 N–H and O–H groups in total. The molecule has 1 aliphatic heterocycles. The summed E-state index contributed by atoms with van der Waals surface area (Å²) < 4.78 is 0. The minimum absolute atomic E-state index is 0.134. The molecule has 1 aromatic carbocycles. The van der Waals surface area contributed by atoms with Crippen LogP contribution in [0.25, 0.3) is 0 Å². The van der Waals surface area contributed by atoms with Crippen molar-refractivity contribution in [1.29, 1.82) is 0 Å². The van der Waals surface area contributed by atoms with E-state index < -0.39 is 0 Å². The van der Waals surface area contributed by atoms with Gasteiger partial charge in [0.1, 0.15) is 0 Å². The Morgan fingerprint density at radius 3 is 2.54 bits per heavy atom. The third-order valence-corrected chi connectivity index (χ3v) is 5.79. The zero-order valence-electron chi connectivity index (χ0n) is 14.8. The van der Waals surface area contributed by atoms with E-state index in [2.05, 4.69) is 47.5 Å². The quantitative estimate of drug-likeness (QED) is 0.893. The second kappa shape index (κ2) is 8.13. The number of piperidine rings is 1. The molecule has 132 valence electrons. The zero-order valence-corrected chi connectivity index (χ0v) is 14.8. The predicted octanol–water partition coefficient (Wildman–Crippen LogP) is 2.85. The molecule has 2 aliphatic rings. The van der Waals surface area contributed by atoms with Gasteiger partial charge in [-0.15, -0.1) is 0 Å². The number of benzene rings is 1. The SMILES string of the molecule is CC(c1ccccc1)N1CCC(NC(=O)C2CCCC(N)C2)CC1. The molecule has 1 amide bonds. The van der Waals surface area contributed by atoms with E-state index in [1.807, 2.05) is 0 Å². The first-order valence-corrected chi connectivity index (χ1v) is 9.48. The summed E-state index contributed by atoms with van der Waals surface area (Å²) in [6, 6.07) is 11.7. The lowest BCUT2D eigenvalue weighted by Crippen LogP contribution is -2.47. The van der Waals surface area contributed by atoms with Crippen molar-refractivity contribution in [1.82, 2.24) is 10.2 Å². The second-order valence-corrected chi connectivity index (χ2v) is 7.53. The summed E-state index contributed by atoms with van der Waals surface area (Å²) in [5, 5.41) is 3.29. The lowest BCUT2D eigenvalue weighted by atomic mass is 9.85. The number of hydrogen-bond donors (Lipinski definition) is 2. The van der Waals surface area contributed by atoms with E-state index in [1.54, 1.807) is 0 Å². The molecule has 3 rings (SSSR count). The standard InChI is InChI=1S/C20H31N3O/c1-15(16-6-3-2-4-7-16)23-12-10-19(11-13-23)22-20(24)17-8-5-9-18(21)14-17/h2-4,6-7,15,17-19H,5,8-14,21H2,1H3,(H,22,24). The highest BCUT2D eigenvalue weighted by atomic mass is 16.1. The summed E-state index contributed by atoms with van der Waals surface area (Å²) in [6.45, 7) is 4.37. The van der Waals surface area contributed by atoms with Crippen LogP contribution in [-0.2, 0) is 4.79 Å². The van der Waals surface area contributed by atoms with Crippen molar-refractivity contribution in [3.05, 3.63) is 35.9 Å².